The number of hydrogen-bond donors (Lipinski definition) is 2. The average molecular weight is 288 g/mol. The van der Waals surface area contributed by atoms with E-state index in [-0.39, 0.29) is 25.7 Å². The topological polar surface area (TPSA) is 67.8 Å². The van der Waals surface area contributed by atoms with Crippen molar-refractivity contribution in [1.29, 1.82) is 0 Å². The minimum atomic E-state index is -0.708. The zero-order chi connectivity index (χ0) is 14.3. The highest BCUT2D eigenvalue weighted by atomic mass is 35.5. The second-order valence-corrected chi connectivity index (χ2v) is 4.49. The number of ether oxygens (including phenoxy) is 2. The predicted molar refractivity (Wildman–Crippen MR) is 72.6 cm³/mol. The number of halogens is 1. The van der Waals surface area contributed by atoms with E-state index in [1.54, 1.807) is 18.2 Å². The van der Waals surface area contributed by atoms with E-state index in [1.807, 2.05) is 6.92 Å². The second-order valence-electron chi connectivity index (χ2n) is 4.08. The Balaban J connectivity index is 2.27. The van der Waals surface area contributed by atoms with Crippen LogP contribution in [0.1, 0.15) is 5.56 Å². The zero-order valence-corrected chi connectivity index (χ0v) is 11.7. The Hall–Kier alpha value is -1.30. The summed E-state index contributed by atoms with van der Waals surface area (Å²) in [5.41, 5.74) is 0.914. The molecule has 0 saturated heterocycles. The van der Waals surface area contributed by atoms with Gasteiger partial charge in [0.05, 0.1) is 13.7 Å². The van der Waals surface area contributed by atoms with Crippen LogP contribution >= 0.6 is 11.6 Å². The molecule has 2 N–H and O–H groups in total. The van der Waals surface area contributed by atoms with Crippen LogP contribution < -0.4 is 10.1 Å². The number of hydrogen-bond acceptors (Lipinski definition) is 5. The summed E-state index contributed by atoms with van der Waals surface area (Å²) in [6.07, 6.45) is -0.708. The third-order valence-corrected chi connectivity index (χ3v) is 2.87. The summed E-state index contributed by atoms with van der Waals surface area (Å²) in [5, 5.41) is 13.1. The maximum atomic E-state index is 10.8. The van der Waals surface area contributed by atoms with Crippen molar-refractivity contribution in [3.8, 4) is 5.75 Å². The molecular formula is C13H18ClNO4. The molecule has 1 unspecified atom stereocenters. The molecule has 0 amide bonds. The quantitative estimate of drug-likeness (QED) is 0.737. The van der Waals surface area contributed by atoms with Crippen molar-refractivity contribution in [2.75, 3.05) is 26.8 Å². The van der Waals surface area contributed by atoms with Crippen molar-refractivity contribution in [3.63, 3.8) is 0 Å². The molecule has 0 aliphatic carbocycles. The van der Waals surface area contributed by atoms with Gasteiger partial charge in [-0.25, -0.2) is 0 Å². The first-order chi connectivity index (χ1) is 9.02. The number of nitrogens with one attached hydrogen (secondary N) is 1. The Morgan fingerprint density at radius 2 is 2.26 bits per heavy atom. The first-order valence-corrected chi connectivity index (χ1v) is 6.25. The minimum absolute atomic E-state index is 0.0631. The molecule has 0 fully saturated rings. The first-order valence-electron chi connectivity index (χ1n) is 5.87. The second kappa shape index (κ2) is 7.99. The van der Waals surface area contributed by atoms with Crippen LogP contribution in [0.5, 0.6) is 5.75 Å². The molecule has 1 atom stereocenters. The van der Waals surface area contributed by atoms with E-state index in [0.717, 1.165) is 5.56 Å². The number of rotatable bonds is 7. The van der Waals surface area contributed by atoms with Gasteiger partial charge in [-0.05, 0) is 30.7 Å². The normalized spacial score (nSPS) is 12.0. The van der Waals surface area contributed by atoms with Crippen molar-refractivity contribution < 1.29 is 19.4 Å². The van der Waals surface area contributed by atoms with E-state index in [2.05, 4.69) is 10.1 Å². The number of aryl methyl sites for hydroxylation is 1. The molecule has 6 heteroatoms. The molecule has 0 aliphatic rings. The van der Waals surface area contributed by atoms with Crippen LogP contribution in [0.25, 0.3) is 0 Å². The van der Waals surface area contributed by atoms with Gasteiger partial charge >= 0.3 is 5.97 Å². The third kappa shape index (κ3) is 5.92. The summed E-state index contributed by atoms with van der Waals surface area (Å²) < 4.78 is 9.88. The van der Waals surface area contributed by atoms with E-state index in [9.17, 15) is 9.90 Å². The van der Waals surface area contributed by atoms with Gasteiger partial charge in [-0.3, -0.25) is 4.79 Å². The number of carbonyl (C=O) groups is 1. The SMILES string of the molecule is COC(=O)CNCC(O)COc1ccc(Cl)c(C)c1. The lowest BCUT2D eigenvalue weighted by molar-refractivity contribution is -0.139. The smallest absolute Gasteiger partial charge is 0.319 e. The molecule has 0 heterocycles. The molecule has 0 aromatic heterocycles. The van der Waals surface area contributed by atoms with Crippen molar-refractivity contribution in [2.45, 2.75) is 13.0 Å². The average Bonchev–Trinajstić information content (AvgIpc) is 2.40. The third-order valence-electron chi connectivity index (χ3n) is 2.45. The Labute approximate surface area is 117 Å². The van der Waals surface area contributed by atoms with Crippen LogP contribution in [-0.2, 0) is 9.53 Å². The summed E-state index contributed by atoms with van der Waals surface area (Å²) >= 11 is 5.90. The van der Waals surface area contributed by atoms with Crippen LogP contribution in [0, 0.1) is 6.92 Å². The van der Waals surface area contributed by atoms with Gasteiger partial charge in [-0.2, -0.15) is 0 Å². The van der Waals surface area contributed by atoms with Gasteiger partial charge < -0.3 is 19.9 Å². The highest BCUT2D eigenvalue weighted by Crippen LogP contribution is 2.20. The summed E-state index contributed by atoms with van der Waals surface area (Å²) in [5.74, 6) is 0.273. The van der Waals surface area contributed by atoms with Crippen LogP contribution in [-0.4, -0.2) is 44.0 Å². The van der Waals surface area contributed by atoms with E-state index in [4.69, 9.17) is 16.3 Å². The van der Waals surface area contributed by atoms with Gasteiger partial charge in [0.1, 0.15) is 18.5 Å². The summed E-state index contributed by atoms with van der Waals surface area (Å²) in [4.78, 5) is 10.8. The maximum absolute atomic E-state index is 10.8. The highest BCUT2D eigenvalue weighted by Gasteiger charge is 2.07. The number of esters is 1. The van der Waals surface area contributed by atoms with E-state index < -0.39 is 6.10 Å². The standard InChI is InChI=1S/C13H18ClNO4/c1-9-5-11(3-4-12(9)14)19-8-10(16)6-15-7-13(17)18-2/h3-5,10,15-16H,6-8H2,1-2H3. The molecule has 0 bridgehead atoms. The van der Waals surface area contributed by atoms with Crippen molar-refractivity contribution in [1.82, 2.24) is 5.32 Å². The Kier molecular flexibility index (Phi) is 6.62. The number of aliphatic hydroxyl groups excluding tert-OH is 1. The zero-order valence-electron chi connectivity index (χ0n) is 11.0. The maximum Gasteiger partial charge on any atom is 0.319 e. The van der Waals surface area contributed by atoms with Gasteiger partial charge in [-0.1, -0.05) is 11.6 Å². The van der Waals surface area contributed by atoms with Gasteiger partial charge in [0.15, 0.2) is 0 Å². The minimum Gasteiger partial charge on any atom is -0.491 e. The Bertz CT molecular complexity index is 425. The number of benzene rings is 1. The van der Waals surface area contributed by atoms with Crippen LogP contribution in [0.3, 0.4) is 0 Å². The van der Waals surface area contributed by atoms with E-state index in [0.29, 0.717) is 10.8 Å². The first kappa shape index (κ1) is 15.8. The fourth-order valence-electron chi connectivity index (χ4n) is 1.37. The molecule has 1 aromatic carbocycles. The Morgan fingerprint density at radius 1 is 1.53 bits per heavy atom. The highest BCUT2D eigenvalue weighted by molar-refractivity contribution is 6.31. The largest absolute Gasteiger partial charge is 0.491 e. The lowest BCUT2D eigenvalue weighted by Crippen LogP contribution is -2.34. The molecule has 0 radical (unpaired) electrons. The van der Waals surface area contributed by atoms with Crippen LogP contribution in [0.2, 0.25) is 5.02 Å². The monoisotopic (exact) mass is 287 g/mol. The van der Waals surface area contributed by atoms with Crippen LogP contribution in [0.4, 0.5) is 0 Å². The van der Waals surface area contributed by atoms with Gasteiger partial charge in [0.25, 0.3) is 0 Å². The molecule has 0 spiro atoms. The lowest BCUT2D eigenvalue weighted by atomic mass is 10.2. The fraction of sp³-hybridized carbons (Fsp3) is 0.462. The number of aliphatic hydroxyl groups is 1. The predicted octanol–water partition coefficient (Wildman–Crippen LogP) is 1.15. The van der Waals surface area contributed by atoms with Gasteiger partial charge in [-0.15, -0.1) is 0 Å². The fourth-order valence-corrected chi connectivity index (χ4v) is 1.49. The molecule has 1 aromatic rings. The Morgan fingerprint density at radius 3 is 2.89 bits per heavy atom. The van der Waals surface area contributed by atoms with E-state index in [1.165, 1.54) is 7.11 Å². The molecule has 1 rings (SSSR count). The molecule has 0 saturated carbocycles. The molecule has 0 aliphatic heterocycles. The summed E-state index contributed by atoms with van der Waals surface area (Å²) in [6.45, 7) is 2.33. The molecular weight excluding hydrogens is 270 g/mol. The molecule has 106 valence electrons. The number of carbonyl (C=O) groups excluding carboxylic acids is 1. The summed E-state index contributed by atoms with van der Waals surface area (Å²) in [7, 11) is 1.31. The van der Waals surface area contributed by atoms with Gasteiger partial charge in [0.2, 0.25) is 0 Å². The molecule has 19 heavy (non-hydrogen) atoms. The molecule has 5 nitrogen and oxygen atoms in total. The van der Waals surface area contributed by atoms with Crippen molar-refractivity contribution in [3.05, 3.63) is 28.8 Å². The van der Waals surface area contributed by atoms with Crippen LogP contribution in [0.15, 0.2) is 18.2 Å². The van der Waals surface area contributed by atoms with E-state index >= 15 is 0 Å². The summed E-state index contributed by atoms with van der Waals surface area (Å²) in [6, 6.07) is 5.29. The lowest BCUT2D eigenvalue weighted by Gasteiger charge is -2.13. The number of methoxy groups -OCH3 is 1. The van der Waals surface area contributed by atoms with Crippen molar-refractivity contribution >= 4 is 17.6 Å². The van der Waals surface area contributed by atoms with Crippen molar-refractivity contribution in [2.24, 2.45) is 0 Å². The van der Waals surface area contributed by atoms with Gasteiger partial charge in [0, 0.05) is 11.6 Å².